The van der Waals surface area contributed by atoms with Crippen molar-refractivity contribution in [3.05, 3.63) is 0 Å². The van der Waals surface area contributed by atoms with Crippen LogP contribution in [-0.4, -0.2) is 35.5 Å². The molecule has 0 fully saturated rings. The average molecular weight is 601 g/mol. The highest BCUT2D eigenvalue weighted by molar-refractivity contribution is 6.53. The Balaban J connectivity index is 4.82. The number of rotatable bonds is 36. The van der Waals surface area contributed by atoms with Crippen LogP contribution in [0.3, 0.4) is 0 Å². The summed E-state index contributed by atoms with van der Waals surface area (Å²) in [5, 5.41) is 0. The molecule has 4 nitrogen and oxygen atoms in total. The van der Waals surface area contributed by atoms with Crippen molar-refractivity contribution in [2.45, 2.75) is 207 Å². The van der Waals surface area contributed by atoms with E-state index in [9.17, 15) is 0 Å². The Hall–Kier alpha value is 0.0569. The molecule has 0 aliphatic carbocycles. The van der Waals surface area contributed by atoms with Crippen LogP contribution in [0, 0.1) is 0 Å². The molecular formula is C36H76O4Si. The van der Waals surface area contributed by atoms with E-state index in [4.69, 9.17) is 17.7 Å². The third-order valence-electron chi connectivity index (χ3n) is 8.11. The Morgan fingerprint density at radius 3 is 0.610 bits per heavy atom. The van der Waals surface area contributed by atoms with E-state index >= 15 is 0 Å². The van der Waals surface area contributed by atoms with E-state index in [0.717, 1.165) is 25.7 Å². The van der Waals surface area contributed by atoms with Crippen molar-refractivity contribution in [2.24, 2.45) is 0 Å². The molecule has 0 saturated carbocycles. The third kappa shape index (κ3) is 29.9. The van der Waals surface area contributed by atoms with Crippen LogP contribution < -0.4 is 0 Å². The minimum atomic E-state index is -3.12. The SMILES string of the molecule is CCCCCCCCCO[Si](OCCCCCCCCC)(OCCCCCCCCC)OCCCCCCCCC. The van der Waals surface area contributed by atoms with Crippen molar-refractivity contribution in [1.82, 2.24) is 0 Å². The van der Waals surface area contributed by atoms with Crippen molar-refractivity contribution < 1.29 is 17.7 Å². The highest BCUT2D eigenvalue weighted by Gasteiger charge is 2.45. The van der Waals surface area contributed by atoms with Gasteiger partial charge in [0, 0.05) is 26.4 Å². The van der Waals surface area contributed by atoms with Crippen LogP contribution in [0.1, 0.15) is 207 Å². The molecule has 0 amide bonds. The van der Waals surface area contributed by atoms with Gasteiger partial charge in [0.1, 0.15) is 0 Å². The standard InChI is InChI=1S/C36H76O4Si/c1-5-9-13-17-21-25-29-33-37-41(38-34-30-26-22-18-14-10-6-2,39-35-31-27-23-19-15-11-7-3)40-36-32-28-24-20-16-12-8-4/h5-36H2,1-4H3. The summed E-state index contributed by atoms with van der Waals surface area (Å²) in [6.07, 6.45) is 35.9. The van der Waals surface area contributed by atoms with Crippen LogP contribution in [0.25, 0.3) is 0 Å². The zero-order valence-electron chi connectivity index (χ0n) is 28.8. The molecule has 0 saturated heterocycles. The monoisotopic (exact) mass is 601 g/mol. The second-order valence-corrected chi connectivity index (χ2v) is 14.5. The van der Waals surface area contributed by atoms with Gasteiger partial charge in [0.25, 0.3) is 0 Å². The molecule has 0 aliphatic rings. The lowest BCUT2D eigenvalue weighted by Crippen LogP contribution is -2.50. The summed E-state index contributed by atoms with van der Waals surface area (Å²) in [4.78, 5) is 0. The van der Waals surface area contributed by atoms with Crippen LogP contribution in [-0.2, 0) is 17.7 Å². The second-order valence-electron chi connectivity index (χ2n) is 12.4. The van der Waals surface area contributed by atoms with Crippen molar-refractivity contribution in [3.8, 4) is 0 Å². The Labute approximate surface area is 260 Å². The molecule has 0 aliphatic heterocycles. The van der Waals surface area contributed by atoms with Gasteiger partial charge in [0.15, 0.2) is 0 Å². The van der Waals surface area contributed by atoms with Gasteiger partial charge in [0.2, 0.25) is 0 Å². The Morgan fingerprint density at radius 2 is 0.415 bits per heavy atom. The first-order valence-corrected chi connectivity index (χ1v) is 20.4. The van der Waals surface area contributed by atoms with Gasteiger partial charge in [-0.3, -0.25) is 0 Å². The first kappa shape index (κ1) is 41.1. The molecule has 0 aromatic heterocycles. The number of hydrogen-bond acceptors (Lipinski definition) is 4. The Morgan fingerprint density at radius 1 is 0.244 bits per heavy atom. The normalized spacial score (nSPS) is 12.0. The molecular weight excluding hydrogens is 524 g/mol. The van der Waals surface area contributed by atoms with Crippen LogP contribution in [0.2, 0.25) is 0 Å². The fraction of sp³-hybridized carbons (Fsp3) is 1.00. The molecule has 0 radical (unpaired) electrons. The fourth-order valence-corrected chi connectivity index (χ4v) is 7.35. The molecule has 0 N–H and O–H groups in total. The average Bonchev–Trinajstić information content (AvgIpc) is 2.98. The molecule has 0 spiro atoms. The highest BCUT2D eigenvalue weighted by Crippen LogP contribution is 2.19. The summed E-state index contributed by atoms with van der Waals surface area (Å²) in [5.41, 5.74) is 0. The number of unbranched alkanes of at least 4 members (excludes halogenated alkanes) is 24. The minimum Gasteiger partial charge on any atom is -0.351 e. The second kappa shape index (κ2) is 34.5. The van der Waals surface area contributed by atoms with E-state index in [-0.39, 0.29) is 0 Å². The lowest BCUT2D eigenvalue weighted by atomic mass is 10.1. The summed E-state index contributed by atoms with van der Waals surface area (Å²) in [5.74, 6) is 0. The van der Waals surface area contributed by atoms with Gasteiger partial charge in [-0.1, -0.05) is 182 Å². The molecule has 248 valence electrons. The number of hydrogen-bond donors (Lipinski definition) is 0. The third-order valence-corrected chi connectivity index (χ3v) is 10.3. The van der Waals surface area contributed by atoms with Gasteiger partial charge >= 0.3 is 9.05 Å². The highest BCUT2D eigenvalue weighted by atomic mass is 28.4. The zero-order valence-corrected chi connectivity index (χ0v) is 29.8. The quantitative estimate of drug-likeness (QED) is 0.0529. The summed E-state index contributed by atoms with van der Waals surface area (Å²) in [6.45, 7) is 11.9. The molecule has 0 rings (SSSR count). The van der Waals surface area contributed by atoms with Gasteiger partial charge < -0.3 is 17.7 Å². The molecule has 0 heterocycles. The predicted molar refractivity (Wildman–Crippen MR) is 182 cm³/mol. The largest absolute Gasteiger partial charge is 0.679 e. The molecule has 0 atom stereocenters. The first-order chi connectivity index (χ1) is 20.2. The van der Waals surface area contributed by atoms with Crippen molar-refractivity contribution >= 4 is 9.05 Å². The lowest BCUT2D eigenvalue weighted by Gasteiger charge is -2.28. The van der Waals surface area contributed by atoms with Gasteiger partial charge in [-0.2, -0.15) is 0 Å². The van der Waals surface area contributed by atoms with Gasteiger partial charge in [-0.25, -0.2) is 0 Å². The lowest BCUT2D eigenvalue weighted by molar-refractivity contribution is -0.0375. The van der Waals surface area contributed by atoms with Gasteiger partial charge in [-0.15, -0.1) is 0 Å². The zero-order chi connectivity index (χ0) is 30.0. The van der Waals surface area contributed by atoms with Gasteiger partial charge in [0.05, 0.1) is 0 Å². The van der Waals surface area contributed by atoms with E-state index in [1.807, 2.05) is 0 Å². The summed E-state index contributed by atoms with van der Waals surface area (Å²) < 4.78 is 26.0. The van der Waals surface area contributed by atoms with Crippen molar-refractivity contribution in [2.75, 3.05) is 26.4 Å². The first-order valence-electron chi connectivity index (χ1n) is 18.8. The van der Waals surface area contributed by atoms with E-state index < -0.39 is 9.05 Å². The van der Waals surface area contributed by atoms with Crippen LogP contribution in [0.5, 0.6) is 0 Å². The van der Waals surface area contributed by atoms with Crippen LogP contribution in [0.4, 0.5) is 0 Å². The minimum absolute atomic E-state index is 0.699. The maximum atomic E-state index is 6.51. The Bertz CT molecular complexity index is 391. The molecule has 0 bridgehead atoms. The van der Waals surface area contributed by atoms with E-state index in [1.54, 1.807) is 0 Å². The fourth-order valence-electron chi connectivity index (χ4n) is 5.28. The molecule has 5 heteroatoms. The van der Waals surface area contributed by atoms with Crippen molar-refractivity contribution in [1.29, 1.82) is 0 Å². The molecule has 0 unspecified atom stereocenters. The maximum Gasteiger partial charge on any atom is 0.679 e. The van der Waals surface area contributed by atoms with Crippen LogP contribution >= 0.6 is 0 Å². The Kier molecular flexibility index (Phi) is 34.6. The van der Waals surface area contributed by atoms with E-state index in [2.05, 4.69) is 27.7 Å². The predicted octanol–water partition coefficient (Wildman–Crippen LogP) is 12.5. The topological polar surface area (TPSA) is 36.9 Å². The van der Waals surface area contributed by atoms with Crippen molar-refractivity contribution in [3.63, 3.8) is 0 Å². The van der Waals surface area contributed by atoms with Gasteiger partial charge in [-0.05, 0) is 25.7 Å². The molecule has 0 aromatic carbocycles. The smallest absolute Gasteiger partial charge is 0.351 e. The van der Waals surface area contributed by atoms with E-state index in [0.29, 0.717) is 26.4 Å². The van der Waals surface area contributed by atoms with E-state index in [1.165, 1.54) is 154 Å². The maximum absolute atomic E-state index is 6.51. The molecule has 0 aromatic rings. The summed E-state index contributed by atoms with van der Waals surface area (Å²) in [7, 11) is -3.12. The van der Waals surface area contributed by atoms with Crippen LogP contribution in [0.15, 0.2) is 0 Å². The summed E-state index contributed by atoms with van der Waals surface area (Å²) in [6, 6.07) is 0. The molecule has 41 heavy (non-hydrogen) atoms. The summed E-state index contributed by atoms with van der Waals surface area (Å²) >= 11 is 0.